The largest absolute Gasteiger partial charge is 0.394 e. The maximum Gasteiger partial charge on any atom is 0.292 e. The van der Waals surface area contributed by atoms with E-state index in [1.807, 2.05) is 0 Å². The van der Waals surface area contributed by atoms with Gasteiger partial charge in [0.2, 0.25) is 5.91 Å². The van der Waals surface area contributed by atoms with Gasteiger partial charge in [-0.3, -0.25) is 14.9 Å². The molecular weight excluding hydrogens is 254 g/mol. The number of nitro benzene ring substituents is 1. The van der Waals surface area contributed by atoms with Gasteiger partial charge in [0.05, 0.1) is 24.1 Å². The number of hydrogen-bond donors (Lipinski definition) is 4. The van der Waals surface area contributed by atoms with Crippen LogP contribution in [0.2, 0.25) is 0 Å². The summed E-state index contributed by atoms with van der Waals surface area (Å²) < 4.78 is 0. The molecule has 1 heterocycles. The predicted octanol–water partition coefficient (Wildman–Crippen LogP) is -0.146. The van der Waals surface area contributed by atoms with Crippen LogP contribution in [0.3, 0.4) is 0 Å². The van der Waals surface area contributed by atoms with Gasteiger partial charge in [0.25, 0.3) is 5.69 Å². The molecule has 8 nitrogen and oxygen atoms in total. The third-order valence-electron chi connectivity index (χ3n) is 2.78. The first-order valence-corrected chi connectivity index (χ1v) is 5.65. The Hall–Kier alpha value is -2.19. The number of nitrogens with zero attached hydrogens (tertiary/aromatic N) is 1. The molecule has 1 aliphatic heterocycles. The molecule has 1 unspecified atom stereocenters. The maximum absolute atomic E-state index is 11.2. The lowest BCUT2D eigenvalue weighted by molar-refractivity contribution is -0.384. The minimum Gasteiger partial charge on any atom is -0.394 e. The smallest absolute Gasteiger partial charge is 0.292 e. The highest BCUT2D eigenvalue weighted by molar-refractivity contribution is 6.00. The lowest BCUT2D eigenvalue weighted by Crippen LogP contribution is -2.23. The molecule has 0 spiro atoms. The van der Waals surface area contributed by atoms with Gasteiger partial charge in [0.1, 0.15) is 5.69 Å². The van der Waals surface area contributed by atoms with Crippen LogP contribution in [0.1, 0.15) is 5.56 Å². The number of anilines is 2. The number of nitrogens with one attached hydrogen (secondary N) is 2. The first-order chi connectivity index (χ1) is 9.01. The van der Waals surface area contributed by atoms with Gasteiger partial charge in [0.15, 0.2) is 0 Å². The fourth-order valence-electron chi connectivity index (χ4n) is 1.85. The molecule has 102 valence electrons. The molecule has 2 rings (SSSR count). The first kappa shape index (κ1) is 13.2. The van der Waals surface area contributed by atoms with Crippen molar-refractivity contribution in [3.63, 3.8) is 0 Å². The normalized spacial score (nSPS) is 14.7. The number of carbonyl (C=O) groups excluding carboxylic acids is 1. The highest BCUT2D eigenvalue weighted by atomic mass is 16.6. The van der Waals surface area contributed by atoms with E-state index in [0.717, 1.165) is 0 Å². The van der Waals surface area contributed by atoms with Crippen molar-refractivity contribution in [3.05, 3.63) is 27.8 Å². The number of carbonyl (C=O) groups is 1. The highest BCUT2D eigenvalue weighted by Gasteiger charge is 2.24. The lowest BCUT2D eigenvalue weighted by Gasteiger charge is -2.11. The van der Waals surface area contributed by atoms with Crippen molar-refractivity contribution in [2.75, 3.05) is 23.8 Å². The Kier molecular flexibility index (Phi) is 3.63. The lowest BCUT2D eigenvalue weighted by atomic mass is 10.1. The van der Waals surface area contributed by atoms with Crippen LogP contribution in [0.15, 0.2) is 12.1 Å². The van der Waals surface area contributed by atoms with Crippen LogP contribution >= 0.6 is 0 Å². The van der Waals surface area contributed by atoms with Crippen LogP contribution in [0.5, 0.6) is 0 Å². The molecular formula is C11H13N3O5. The Morgan fingerprint density at radius 2 is 2.26 bits per heavy atom. The zero-order chi connectivity index (χ0) is 14.0. The molecule has 1 aromatic carbocycles. The summed E-state index contributed by atoms with van der Waals surface area (Å²) in [6, 6.07) is 2.79. The molecule has 8 heteroatoms. The van der Waals surface area contributed by atoms with E-state index in [-0.39, 0.29) is 30.2 Å². The standard InChI is InChI=1S/C11H13N3O5/c15-5-7(16)4-12-9-3-8-6(2-11(17)13-8)1-10(9)14(18)19/h1,3,7,12,15-16H,2,4-5H2,(H,13,17). The maximum atomic E-state index is 11.2. The third-order valence-corrected chi connectivity index (χ3v) is 2.78. The number of rotatable bonds is 5. The molecule has 0 radical (unpaired) electrons. The zero-order valence-electron chi connectivity index (χ0n) is 9.92. The summed E-state index contributed by atoms with van der Waals surface area (Å²) >= 11 is 0. The highest BCUT2D eigenvalue weighted by Crippen LogP contribution is 2.34. The SMILES string of the molecule is O=C1Cc2cc([N+](=O)[O-])c(NCC(O)CO)cc2N1. The molecule has 0 fully saturated rings. The van der Waals surface area contributed by atoms with Crippen molar-refractivity contribution >= 4 is 23.0 Å². The van der Waals surface area contributed by atoms with Crippen LogP contribution in [0.4, 0.5) is 17.1 Å². The summed E-state index contributed by atoms with van der Waals surface area (Å²) in [5, 5.41) is 34.2. The van der Waals surface area contributed by atoms with Gasteiger partial charge in [0, 0.05) is 18.3 Å². The minimum atomic E-state index is -1.01. The summed E-state index contributed by atoms with van der Waals surface area (Å²) in [7, 11) is 0. The van der Waals surface area contributed by atoms with E-state index in [2.05, 4.69) is 10.6 Å². The molecule has 1 aromatic rings. The second-order valence-corrected chi connectivity index (χ2v) is 4.23. The van der Waals surface area contributed by atoms with Gasteiger partial charge >= 0.3 is 0 Å². The number of aliphatic hydroxyl groups excluding tert-OH is 2. The van der Waals surface area contributed by atoms with Crippen molar-refractivity contribution < 1.29 is 19.9 Å². The Morgan fingerprint density at radius 3 is 2.89 bits per heavy atom. The number of aliphatic hydroxyl groups is 2. The van der Waals surface area contributed by atoms with E-state index in [1.165, 1.54) is 12.1 Å². The molecule has 0 aliphatic carbocycles. The molecule has 0 saturated heterocycles. The van der Waals surface area contributed by atoms with Crippen molar-refractivity contribution in [2.24, 2.45) is 0 Å². The van der Waals surface area contributed by atoms with E-state index in [0.29, 0.717) is 11.3 Å². The topological polar surface area (TPSA) is 125 Å². The fraction of sp³-hybridized carbons (Fsp3) is 0.364. The van der Waals surface area contributed by atoms with Gasteiger partial charge in [-0.05, 0) is 11.6 Å². The third kappa shape index (κ3) is 2.80. The summed E-state index contributed by atoms with van der Waals surface area (Å²) in [6.45, 7) is -0.466. The summed E-state index contributed by atoms with van der Waals surface area (Å²) in [5.41, 5.74) is 1.13. The minimum absolute atomic E-state index is 0.0237. The molecule has 1 atom stereocenters. The monoisotopic (exact) mass is 267 g/mol. The van der Waals surface area contributed by atoms with E-state index < -0.39 is 17.6 Å². The van der Waals surface area contributed by atoms with Gasteiger partial charge in [-0.1, -0.05) is 0 Å². The van der Waals surface area contributed by atoms with Crippen molar-refractivity contribution in [3.8, 4) is 0 Å². The van der Waals surface area contributed by atoms with Gasteiger partial charge in [-0.2, -0.15) is 0 Å². The average Bonchev–Trinajstić information content (AvgIpc) is 2.73. The van der Waals surface area contributed by atoms with E-state index in [9.17, 15) is 20.0 Å². The van der Waals surface area contributed by atoms with Crippen molar-refractivity contribution in [1.82, 2.24) is 0 Å². The van der Waals surface area contributed by atoms with Crippen molar-refractivity contribution in [1.29, 1.82) is 0 Å². The molecule has 0 aromatic heterocycles. The second-order valence-electron chi connectivity index (χ2n) is 4.23. The number of amides is 1. The quantitative estimate of drug-likeness (QED) is 0.434. The van der Waals surface area contributed by atoms with E-state index in [4.69, 9.17) is 5.11 Å². The van der Waals surface area contributed by atoms with Crippen LogP contribution < -0.4 is 10.6 Å². The summed E-state index contributed by atoms with van der Waals surface area (Å²) in [6.07, 6.45) is -0.891. The van der Waals surface area contributed by atoms with Crippen LogP contribution in [-0.4, -0.2) is 40.3 Å². The Labute approximate surface area is 108 Å². The summed E-state index contributed by atoms with van der Waals surface area (Å²) in [5.74, 6) is -0.211. The van der Waals surface area contributed by atoms with Gasteiger partial charge in [-0.25, -0.2) is 0 Å². The van der Waals surface area contributed by atoms with Crippen LogP contribution in [0.25, 0.3) is 0 Å². The van der Waals surface area contributed by atoms with Crippen molar-refractivity contribution in [2.45, 2.75) is 12.5 Å². The Morgan fingerprint density at radius 1 is 1.53 bits per heavy atom. The fourth-order valence-corrected chi connectivity index (χ4v) is 1.85. The molecule has 0 saturated carbocycles. The zero-order valence-corrected chi connectivity index (χ0v) is 9.92. The average molecular weight is 267 g/mol. The molecule has 19 heavy (non-hydrogen) atoms. The van der Waals surface area contributed by atoms with E-state index in [1.54, 1.807) is 0 Å². The Bertz CT molecular complexity index is 531. The Balaban J connectivity index is 2.28. The first-order valence-electron chi connectivity index (χ1n) is 5.65. The number of fused-ring (bicyclic) bond motifs is 1. The number of benzene rings is 1. The summed E-state index contributed by atoms with van der Waals surface area (Å²) in [4.78, 5) is 21.6. The van der Waals surface area contributed by atoms with Gasteiger partial charge < -0.3 is 20.8 Å². The van der Waals surface area contributed by atoms with Crippen LogP contribution in [-0.2, 0) is 11.2 Å². The van der Waals surface area contributed by atoms with E-state index >= 15 is 0 Å². The second kappa shape index (κ2) is 5.21. The number of nitro groups is 1. The molecule has 1 aliphatic rings. The predicted molar refractivity (Wildman–Crippen MR) is 67.0 cm³/mol. The molecule has 0 bridgehead atoms. The van der Waals surface area contributed by atoms with Crippen LogP contribution in [0, 0.1) is 10.1 Å². The van der Waals surface area contributed by atoms with Gasteiger partial charge in [-0.15, -0.1) is 0 Å². The molecule has 1 amide bonds. The molecule has 4 N–H and O–H groups in total. The number of hydrogen-bond acceptors (Lipinski definition) is 6.